The van der Waals surface area contributed by atoms with Crippen LogP contribution in [0.1, 0.15) is 18.4 Å². The molecule has 0 radical (unpaired) electrons. The van der Waals surface area contributed by atoms with E-state index >= 15 is 0 Å². The molecule has 1 aliphatic heterocycles. The van der Waals surface area contributed by atoms with Gasteiger partial charge >= 0.3 is 18.1 Å². The highest BCUT2D eigenvalue weighted by Crippen LogP contribution is 2.09. The van der Waals surface area contributed by atoms with Gasteiger partial charge in [0.25, 0.3) is 0 Å². The lowest BCUT2D eigenvalue weighted by atomic mass is 10.1. The van der Waals surface area contributed by atoms with Gasteiger partial charge in [-0.15, -0.1) is 0 Å². The van der Waals surface area contributed by atoms with E-state index in [0.717, 1.165) is 12.0 Å². The van der Waals surface area contributed by atoms with Crippen LogP contribution >= 0.6 is 0 Å². The van der Waals surface area contributed by atoms with Gasteiger partial charge in [0.15, 0.2) is 0 Å². The molecule has 3 amide bonds. The van der Waals surface area contributed by atoms with Crippen molar-refractivity contribution in [2.24, 2.45) is 0 Å². The summed E-state index contributed by atoms with van der Waals surface area (Å²) in [5.74, 6) is -1.18. The molecule has 9 heteroatoms. The number of urea groups is 1. The smallest absolute Gasteiger partial charge is 0.410 e. The minimum atomic E-state index is -1.24. The number of amides is 3. The van der Waals surface area contributed by atoms with Gasteiger partial charge in [0, 0.05) is 46.7 Å². The number of hydrogen-bond donors (Lipinski definition) is 1. The number of carbonyl (C=O) groups is 3. The fourth-order valence-electron chi connectivity index (χ4n) is 3.10. The maximum Gasteiger partial charge on any atom is 0.410 e. The first-order valence-electron chi connectivity index (χ1n) is 10.1. The number of carboxylic acid groups (broad SMARTS) is 1. The highest BCUT2D eigenvalue weighted by atomic mass is 16.6. The second-order valence-corrected chi connectivity index (χ2v) is 7.33. The Hall–Kier alpha value is -2.81. The highest BCUT2D eigenvalue weighted by molar-refractivity contribution is 5.77. The normalized spacial score (nSPS) is 14.7. The van der Waals surface area contributed by atoms with Crippen LogP contribution in [0.2, 0.25) is 0 Å². The van der Waals surface area contributed by atoms with Gasteiger partial charge in [0.2, 0.25) is 6.10 Å². The van der Waals surface area contributed by atoms with Crippen molar-refractivity contribution in [3.8, 4) is 0 Å². The van der Waals surface area contributed by atoms with Crippen molar-refractivity contribution in [1.29, 1.82) is 0 Å². The molecule has 0 bridgehead atoms. The molecule has 1 aromatic carbocycles. The van der Waals surface area contributed by atoms with Crippen LogP contribution < -0.4 is 0 Å². The molecule has 1 fully saturated rings. The van der Waals surface area contributed by atoms with Gasteiger partial charge in [0.05, 0.1) is 13.2 Å². The van der Waals surface area contributed by atoms with E-state index in [1.807, 2.05) is 18.2 Å². The number of hydrogen-bond acceptors (Lipinski definition) is 5. The summed E-state index contributed by atoms with van der Waals surface area (Å²) in [6.45, 7) is 3.32. The highest BCUT2D eigenvalue weighted by Gasteiger charge is 2.24. The molecule has 0 aromatic heterocycles. The average molecular weight is 421 g/mol. The maximum atomic E-state index is 12.3. The minimum absolute atomic E-state index is 0.0173. The van der Waals surface area contributed by atoms with E-state index in [9.17, 15) is 19.5 Å². The van der Waals surface area contributed by atoms with Crippen molar-refractivity contribution in [1.82, 2.24) is 14.7 Å². The summed E-state index contributed by atoms with van der Waals surface area (Å²) in [5, 5.41) is 9.35. The first-order valence-corrected chi connectivity index (χ1v) is 10.1. The van der Waals surface area contributed by atoms with E-state index in [0.29, 0.717) is 45.8 Å². The Morgan fingerprint density at radius 2 is 1.67 bits per heavy atom. The molecular formula is C21H31N3O6. The summed E-state index contributed by atoms with van der Waals surface area (Å²) in [6.07, 6.45) is -0.403. The molecule has 30 heavy (non-hydrogen) atoms. The molecule has 1 aromatic rings. The summed E-state index contributed by atoms with van der Waals surface area (Å²) < 4.78 is 10.4. The fraction of sp³-hybridized carbons (Fsp3) is 0.571. The molecule has 1 aliphatic rings. The lowest BCUT2D eigenvalue weighted by Gasteiger charge is -2.31. The van der Waals surface area contributed by atoms with Crippen molar-refractivity contribution < 1.29 is 29.0 Å². The molecule has 1 atom stereocenters. The van der Waals surface area contributed by atoms with Gasteiger partial charge in [0.1, 0.15) is 0 Å². The number of rotatable bonds is 9. The zero-order valence-corrected chi connectivity index (χ0v) is 17.7. The van der Waals surface area contributed by atoms with Gasteiger partial charge in [-0.25, -0.2) is 14.4 Å². The molecule has 0 spiro atoms. The third kappa shape index (κ3) is 7.55. The van der Waals surface area contributed by atoms with E-state index in [2.05, 4.69) is 0 Å². The number of aliphatic carboxylic acids is 1. The molecule has 0 saturated carbocycles. The van der Waals surface area contributed by atoms with Crippen LogP contribution in [0, 0.1) is 0 Å². The number of benzene rings is 1. The van der Waals surface area contributed by atoms with Crippen molar-refractivity contribution in [2.75, 3.05) is 53.5 Å². The minimum Gasteiger partial charge on any atom is -0.478 e. The van der Waals surface area contributed by atoms with Crippen LogP contribution in [0.15, 0.2) is 30.3 Å². The number of carbonyl (C=O) groups excluding carboxylic acids is 2. The molecule has 166 valence electrons. The predicted octanol–water partition coefficient (Wildman–Crippen LogP) is 1.91. The second-order valence-electron chi connectivity index (χ2n) is 7.33. The van der Waals surface area contributed by atoms with E-state index in [4.69, 9.17) is 9.47 Å². The van der Waals surface area contributed by atoms with Crippen molar-refractivity contribution in [3.63, 3.8) is 0 Å². The molecule has 1 N–H and O–H groups in total. The number of morpholine rings is 1. The Bertz CT molecular complexity index is 693. The van der Waals surface area contributed by atoms with Crippen LogP contribution in [-0.4, -0.2) is 97.5 Å². The van der Waals surface area contributed by atoms with Crippen LogP contribution in [-0.2, 0) is 20.7 Å². The van der Waals surface area contributed by atoms with Crippen LogP contribution in [0.4, 0.5) is 9.59 Å². The average Bonchev–Trinajstić information content (AvgIpc) is 2.76. The Balaban J connectivity index is 1.70. The van der Waals surface area contributed by atoms with Crippen molar-refractivity contribution >= 4 is 18.1 Å². The lowest BCUT2D eigenvalue weighted by Crippen LogP contribution is -2.47. The molecule has 1 saturated heterocycles. The van der Waals surface area contributed by atoms with E-state index in [1.54, 1.807) is 36.0 Å². The Kier molecular flexibility index (Phi) is 9.40. The van der Waals surface area contributed by atoms with Crippen LogP contribution in [0.3, 0.4) is 0 Å². The molecule has 1 unspecified atom stereocenters. The number of ether oxygens (including phenoxy) is 2. The van der Waals surface area contributed by atoms with E-state index < -0.39 is 18.2 Å². The molecule has 0 aliphatic carbocycles. The zero-order chi connectivity index (χ0) is 21.9. The molecule has 1 heterocycles. The topological polar surface area (TPSA) is 99.6 Å². The summed E-state index contributed by atoms with van der Waals surface area (Å²) in [7, 11) is 3.34. The molecule has 9 nitrogen and oxygen atoms in total. The monoisotopic (exact) mass is 421 g/mol. The first-order chi connectivity index (χ1) is 14.4. The first kappa shape index (κ1) is 23.5. The number of nitrogens with zero attached hydrogens (tertiary/aromatic N) is 3. The Morgan fingerprint density at radius 3 is 2.27 bits per heavy atom. The van der Waals surface area contributed by atoms with Gasteiger partial charge in [-0.3, -0.25) is 0 Å². The number of carboxylic acids is 1. The predicted molar refractivity (Wildman–Crippen MR) is 110 cm³/mol. The maximum absolute atomic E-state index is 12.3. The van der Waals surface area contributed by atoms with Crippen molar-refractivity contribution in [2.45, 2.75) is 25.4 Å². The van der Waals surface area contributed by atoms with Crippen LogP contribution in [0.5, 0.6) is 0 Å². The third-order valence-corrected chi connectivity index (χ3v) is 4.94. The Labute approximate surface area is 177 Å². The van der Waals surface area contributed by atoms with Gasteiger partial charge in [-0.05, 0) is 18.4 Å². The van der Waals surface area contributed by atoms with Gasteiger partial charge < -0.3 is 29.3 Å². The fourth-order valence-corrected chi connectivity index (χ4v) is 3.10. The second kappa shape index (κ2) is 12.0. The van der Waals surface area contributed by atoms with Crippen molar-refractivity contribution in [3.05, 3.63) is 35.9 Å². The number of unbranched alkanes of at least 4 members (excludes halogenated alkanes) is 1. The lowest BCUT2D eigenvalue weighted by molar-refractivity contribution is -0.147. The summed E-state index contributed by atoms with van der Waals surface area (Å²) in [4.78, 5) is 40.8. The summed E-state index contributed by atoms with van der Waals surface area (Å²) >= 11 is 0. The van der Waals surface area contributed by atoms with Crippen LogP contribution in [0.25, 0.3) is 0 Å². The quantitative estimate of drug-likeness (QED) is 0.612. The summed E-state index contributed by atoms with van der Waals surface area (Å²) in [6, 6.07) is 9.03. The Morgan fingerprint density at radius 1 is 1.07 bits per heavy atom. The molecular weight excluding hydrogens is 390 g/mol. The van der Waals surface area contributed by atoms with E-state index in [-0.39, 0.29) is 12.5 Å². The van der Waals surface area contributed by atoms with E-state index in [1.165, 1.54) is 4.90 Å². The SMILES string of the molecule is CN(CCCCN(C)C(=O)N1CCOCC1)C(=O)OC(Cc1ccccc1)C(=O)O. The van der Waals surface area contributed by atoms with Gasteiger partial charge in [-0.2, -0.15) is 0 Å². The standard InChI is InChI=1S/C21H31N3O6/c1-22(20(27)24-12-14-29-15-13-24)10-6-7-11-23(2)21(28)30-18(19(25)26)16-17-8-4-3-5-9-17/h3-5,8-9,18H,6-7,10-16H2,1-2H3,(H,25,26). The largest absolute Gasteiger partial charge is 0.478 e. The molecule has 2 rings (SSSR count). The zero-order valence-electron chi connectivity index (χ0n) is 17.7. The third-order valence-electron chi connectivity index (χ3n) is 4.94. The summed E-state index contributed by atoms with van der Waals surface area (Å²) in [5.41, 5.74) is 0.785. The van der Waals surface area contributed by atoms with Gasteiger partial charge in [-0.1, -0.05) is 30.3 Å².